The molecule has 2 aromatic rings. The van der Waals surface area contributed by atoms with E-state index in [0.717, 1.165) is 0 Å². The maximum absolute atomic E-state index is 13.6. The summed E-state index contributed by atoms with van der Waals surface area (Å²) in [6.45, 7) is 0.436. The maximum Gasteiger partial charge on any atom is 0.247 e. The second kappa shape index (κ2) is 6.10. The molecule has 1 aliphatic heterocycles. The number of ether oxygens (including phenoxy) is 1. The highest BCUT2D eigenvalue weighted by Crippen LogP contribution is 2.34. The highest BCUT2D eigenvalue weighted by Gasteiger charge is 2.18. The summed E-state index contributed by atoms with van der Waals surface area (Å²) < 4.78 is 25.9. The molecule has 0 spiro atoms. The van der Waals surface area contributed by atoms with Crippen LogP contribution in [-0.4, -0.2) is 21.6 Å². The first-order valence-corrected chi connectivity index (χ1v) is 7.24. The molecule has 0 aliphatic carbocycles. The topological polar surface area (TPSA) is 77.4 Å². The maximum atomic E-state index is 13.6. The van der Waals surface area contributed by atoms with Gasteiger partial charge in [0.2, 0.25) is 11.7 Å². The van der Waals surface area contributed by atoms with E-state index in [1.807, 2.05) is 28.1 Å². The molecule has 0 saturated heterocycles. The minimum atomic E-state index is -0.487. The number of allylic oxidation sites excluding steroid dienone is 2. The van der Waals surface area contributed by atoms with Gasteiger partial charge in [-0.3, -0.25) is 0 Å². The van der Waals surface area contributed by atoms with E-state index in [4.69, 9.17) is 15.0 Å². The molecule has 2 N–H and O–H groups in total. The first kappa shape index (κ1) is 14.5. The van der Waals surface area contributed by atoms with Gasteiger partial charge < -0.3 is 19.3 Å². The van der Waals surface area contributed by atoms with Crippen molar-refractivity contribution in [1.82, 2.24) is 14.4 Å². The van der Waals surface area contributed by atoms with Crippen LogP contribution in [0, 0.1) is 5.82 Å². The molecule has 0 radical (unpaired) electrons. The molecule has 3 rings (SSSR count). The third-order valence-corrected chi connectivity index (χ3v) is 3.73. The van der Waals surface area contributed by atoms with Crippen molar-refractivity contribution in [1.29, 1.82) is 0 Å². The van der Waals surface area contributed by atoms with Gasteiger partial charge in [0.05, 0.1) is 18.4 Å². The van der Waals surface area contributed by atoms with Gasteiger partial charge in [-0.15, -0.1) is 0 Å². The molecule has 0 bridgehead atoms. The molecule has 8 heteroatoms. The molecule has 0 atom stereocenters. The molecule has 0 unspecified atom stereocenters. The van der Waals surface area contributed by atoms with Crippen molar-refractivity contribution < 1.29 is 13.7 Å². The summed E-state index contributed by atoms with van der Waals surface area (Å²) in [6.07, 6.45) is 5.74. The zero-order valence-electron chi connectivity index (χ0n) is 11.7. The van der Waals surface area contributed by atoms with Crippen molar-refractivity contribution in [2.45, 2.75) is 6.54 Å². The average Bonchev–Trinajstić information content (AvgIpc) is 2.96. The molecule has 0 fully saturated rings. The van der Waals surface area contributed by atoms with E-state index in [9.17, 15) is 4.39 Å². The van der Waals surface area contributed by atoms with E-state index in [0.29, 0.717) is 23.7 Å². The van der Waals surface area contributed by atoms with Gasteiger partial charge in [-0.1, -0.05) is 11.2 Å². The van der Waals surface area contributed by atoms with Gasteiger partial charge in [-0.05, 0) is 29.5 Å². The van der Waals surface area contributed by atoms with Crippen LogP contribution in [0.25, 0.3) is 11.4 Å². The van der Waals surface area contributed by atoms with Gasteiger partial charge in [0.15, 0.2) is 5.75 Å². The highest BCUT2D eigenvalue weighted by atomic mass is 32.2. The van der Waals surface area contributed by atoms with Crippen LogP contribution in [0.15, 0.2) is 40.4 Å². The van der Waals surface area contributed by atoms with Crippen molar-refractivity contribution in [3.05, 3.63) is 47.6 Å². The summed E-state index contributed by atoms with van der Waals surface area (Å²) in [5.74, 6) is 0.482. The smallest absolute Gasteiger partial charge is 0.247 e. The fourth-order valence-corrected chi connectivity index (χ4v) is 2.64. The lowest BCUT2D eigenvalue weighted by molar-refractivity contribution is 0.354. The first-order valence-electron chi connectivity index (χ1n) is 6.40. The summed E-state index contributed by atoms with van der Waals surface area (Å²) in [5, 5.41) is 5.81. The third kappa shape index (κ3) is 2.91. The number of hydrogen-bond acceptors (Lipinski definition) is 7. The first-order chi connectivity index (χ1) is 10.7. The van der Waals surface area contributed by atoms with E-state index in [1.165, 1.54) is 31.2 Å². The number of nitrogens with zero attached hydrogens (tertiary/aromatic N) is 3. The van der Waals surface area contributed by atoms with E-state index >= 15 is 0 Å². The molecule has 0 saturated carbocycles. The van der Waals surface area contributed by atoms with Gasteiger partial charge in [0, 0.05) is 12.3 Å². The Morgan fingerprint density at radius 2 is 2.27 bits per heavy atom. The molecule has 22 heavy (non-hydrogen) atoms. The largest absolute Gasteiger partial charge is 0.494 e. The molecular formula is C14H13FN4O2S. The Kier molecular flexibility index (Phi) is 4.01. The van der Waals surface area contributed by atoms with E-state index < -0.39 is 5.82 Å². The Morgan fingerprint density at radius 3 is 3.00 bits per heavy atom. The molecule has 114 valence electrons. The highest BCUT2D eigenvalue weighted by molar-refractivity contribution is 8.00. The number of hydrogen-bond donors (Lipinski definition) is 1. The van der Waals surface area contributed by atoms with Gasteiger partial charge in [-0.25, -0.2) is 4.39 Å². The predicted octanol–water partition coefficient (Wildman–Crippen LogP) is 2.96. The SMILES string of the molecule is COc1c(N)cc(F)cc1-c1noc(CN2C=CC=CS2)n1. The number of benzene rings is 1. The number of nitrogen functional groups attached to an aromatic ring is 1. The van der Waals surface area contributed by atoms with Crippen LogP contribution in [0.4, 0.5) is 10.1 Å². The van der Waals surface area contributed by atoms with Gasteiger partial charge in [-0.2, -0.15) is 4.98 Å². The minimum absolute atomic E-state index is 0.184. The lowest BCUT2D eigenvalue weighted by Crippen LogP contribution is -2.08. The van der Waals surface area contributed by atoms with Crippen LogP contribution >= 0.6 is 11.9 Å². The van der Waals surface area contributed by atoms with Crippen LogP contribution in [0.2, 0.25) is 0 Å². The van der Waals surface area contributed by atoms with Crippen molar-refractivity contribution >= 4 is 17.6 Å². The van der Waals surface area contributed by atoms with E-state index in [-0.39, 0.29) is 11.5 Å². The van der Waals surface area contributed by atoms with E-state index in [1.54, 1.807) is 0 Å². The van der Waals surface area contributed by atoms with Crippen LogP contribution < -0.4 is 10.5 Å². The van der Waals surface area contributed by atoms with E-state index in [2.05, 4.69) is 10.1 Å². The summed E-state index contributed by atoms with van der Waals surface area (Å²) in [4.78, 5) is 4.27. The molecule has 2 heterocycles. The summed E-state index contributed by atoms with van der Waals surface area (Å²) in [6, 6.07) is 2.45. The average molecular weight is 320 g/mol. The second-order valence-corrected chi connectivity index (χ2v) is 5.39. The van der Waals surface area contributed by atoms with Crippen LogP contribution in [0.1, 0.15) is 5.89 Å². The zero-order valence-corrected chi connectivity index (χ0v) is 12.5. The molecule has 0 amide bonds. The summed E-state index contributed by atoms with van der Waals surface area (Å²) in [7, 11) is 1.45. The van der Waals surface area contributed by atoms with Gasteiger partial charge in [0.1, 0.15) is 12.4 Å². The standard InChI is InChI=1S/C14H13FN4O2S/c1-20-13-10(6-9(15)7-11(13)16)14-17-12(21-18-14)8-19-4-2-3-5-22-19/h2-7H,8,16H2,1H3. The second-order valence-electron chi connectivity index (χ2n) is 4.44. The number of aromatic nitrogens is 2. The lowest BCUT2D eigenvalue weighted by atomic mass is 10.1. The van der Waals surface area contributed by atoms with Gasteiger partial charge >= 0.3 is 0 Å². The molecule has 1 aliphatic rings. The number of methoxy groups -OCH3 is 1. The van der Waals surface area contributed by atoms with Crippen molar-refractivity contribution in [3.63, 3.8) is 0 Å². The number of halogens is 1. The monoisotopic (exact) mass is 320 g/mol. The Morgan fingerprint density at radius 1 is 1.41 bits per heavy atom. The Balaban J connectivity index is 1.87. The molecule has 6 nitrogen and oxygen atoms in total. The third-order valence-electron chi connectivity index (χ3n) is 2.92. The molecular weight excluding hydrogens is 307 g/mol. The minimum Gasteiger partial charge on any atom is -0.494 e. The molecule has 1 aromatic heterocycles. The lowest BCUT2D eigenvalue weighted by Gasteiger charge is -2.15. The van der Waals surface area contributed by atoms with Crippen molar-refractivity contribution in [3.8, 4) is 17.1 Å². The predicted molar refractivity (Wildman–Crippen MR) is 82.1 cm³/mol. The number of nitrogens with two attached hydrogens (primary N) is 1. The van der Waals surface area contributed by atoms with Crippen molar-refractivity contribution in [2.75, 3.05) is 12.8 Å². The fourth-order valence-electron chi connectivity index (χ4n) is 2.00. The Labute approximate surface area is 130 Å². The fraction of sp³-hybridized carbons (Fsp3) is 0.143. The normalized spacial score (nSPS) is 13.6. The Bertz CT molecular complexity index is 744. The van der Waals surface area contributed by atoms with Crippen LogP contribution in [-0.2, 0) is 6.54 Å². The zero-order chi connectivity index (χ0) is 15.5. The number of rotatable bonds is 4. The van der Waals surface area contributed by atoms with Crippen LogP contribution in [0.5, 0.6) is 5.75 Å². The quantitative estimate of drug-likeness (QED) is 0.685. The molecule has 1 aromatic carbocycles. The van der Waals surface area contributed by atoms with Gasteiger partial charge in [0.25, 0.3) is 0 Å². The van der Waals surface area contributed by atoms with Crippen LogP contribution in [0.3, 0.4) is 0 Å². The summed E-state index contributed by atoms with van der Waals surface area (Å²) in [5.41, 5.74) is 6.29. The number of anilines is 1. The Hall–Kier alpha value is -2.48. The van der Waals surface area contributed by atoms with Crippen molar-refractivity contribution in [2.24, 2.45) is 0 Å². The summed E-state index contributed by atoms with van der Waals surface area (Å²) >= 11 is 1.51.